The Bertz CT molecular complexity index is 752. The summed E-state index contributed by atoms with van der Waals surface area (Å²) in [5, 5.41) is 10.7. The van der Waals surface area contributed by atoms with Gasteiger partial charge in [0.15, 0.2) is 5.69 Å². The lowest BCUT2D eigenvalue weighted by Crippen LogP contribution is -2.37. The molecule has 2 amide bonds. The smallest absolute Gasteiger partial charge is 0.273 e. The number of amides is 2. The fourth-order valence-electron chi connectivity index (χ4n) is 2.88. The van der Waals surface area contributed by atoms with Crippen molar-refractivity contribution in [2.75, 3.05) is 14.1 Å². The van der Waals surface area contributed by atoms with Gasteiger partial charge in [0.1, 0.15) is 6.54 Å². The molecule has 1 unspecified atom stereocenters. The first-order valence-corrected chi connectivity index (χ1v) is 8.66. The highest BCUT2D eigenvalue weighted by Gasteiger charge is 2.24. The maximum absolute atomic E-state index is 12.4. The third-order valence-electron chi connectivity index (χ3n) is 4.32. The van der Waals surface area contributed by atoms with Crippen molar-refractivity contribution < 1.29 is 9.59 Å². The number of nitrogens with one attached hydrogen (secondary N) is 1. The standard InChI is InChI=1S/C19H27N5O2/c1-14(11-19(2,3)15-9-7-6-8-10-15)20-18(26)16-12-24(22-21-16)13-17(25)23(4)5/h6-10,12,14H,11,13H2,1-5H3,(H,20,26). The minimum Gasteiger partial charge on any atom is -0.348 e. The van der Waals surface area contributed by atoms with Crippen LogP contribution in [0, 0.1) is 0 Å². The maximum Gasteiger partial charge on any atom is 0.273 e. The number of carbonyl (C=O) groups excluding carboxylic acids is 2. The van der Waals surface area contributed by atoms with Crippen LogP contribution in [0.2, 0.25) is 0 Å². The molecular weight excluding hydrogens is 330 g/mol. The van der Waals surface area contributed by atoms with Gasteiger partial charge < -0.3 is 10.2 Å². The number of likely N-dealkylation sites (N-methyl/N-ethyl adjacent to an activating group) is 1. The zero-order valence-corrected chi connectivity index (χ0v) is 16.1. The molecule has 1 atom stereocenters. The van der Waals surface area contributed by atoms with E-state index in [9.17, 15) is 9.59 Å². The average molecular weight is 357 g/mol. The van der Waals surface area contributed by atoms with Crippen LogP contribution < -0.4 is 5.32 Å². The first-order chi connectivity index (χ1) is 12.2. The number of aromatic nitrogens is 3. The van der Waals surface area contributed by atoms with E-state index in [1.54, 1.807) is 14.1 Å². The summed E-state index contributed by atoms with van der Waals surface area (Å²) >= 11 is 0. The van der Waals surface area contributed by atoms with Crippen molar-refractivity contribution in [3.8, 4) is 0 Å². The fourth-order valence-corrected chi connectivity index (χ4v) is 2.88. The SMILES string of the molecule is CC(CC(C)(C)c1ccccc1)NC(=O)c1cn(CC(=O)N(C)C)nn1. The average Bonchev–Trinajstić information content (AvgIpc) is 3.03. The summed E-state index contributed by atoms with van der Waals surface area (Å²) in [6, 6.07) is 10.2. The van der Waals surface area contributed by atoms with E-state index < -0.39 is 0 Å². The molecule has 1 aromatic heterocycles. The van der Waals surface area contributed by atoms with Gasteiger partial charge in [-0.05, 0) is 24.3 Å². The van der Waals surface area contributed by atoms with Crippen LogP contribution in [0.5, 0.6) is 0 Å². The van der Waals surface area contributed by atoms with Gasteiger partial charge in [0.2, 0.25) is 5.91 Å². The lowest BCUT2D eigenvalue weighted by Gasteiger charge is -2.29. The summed E-state index contributed by atoms with van der Waals surface area (Å²) in [7, 11) is 3.34. The molecular formula is C19H27N5O2. The zero-order chi connectivity index (χ0) is 19.3. The molecule has 0 bridgehead atoms. The Labute approximate surface area is 154 Å². The molecule has 26 heavy (non-hydrogen) atoms. The van der Waals surface area contributed by atoms with E-state index in [0.29, 0.717) is 0 Å². The number of rotatable bonds is 7. The van der Waals surface area contributed by atoms with E-state index >= 15 is 0 Å². The molecule has 1 N–H and O–H groups in total. The molecule has 1 heterocycles. The summed E-state index contributed by atoms with van der Waals surface area (Å²) < 4.78 is 1.37. The Hall–Kier alpha value is -2.70. The van der Waals surface area contributed by atoms with Crippen LogP contribution in [-0.4, -0.2) is 51.8 Å². The van der Waals surface area contributed by atoms with Gasteiger partial charge in [-0.3, -0.25) is 9.59 Å². The first kappa shape index (κ1) is 19.6. The highest BCUT2D eigenvalue weighted by atomic mass is 16.2. The third kappa shape index (κ3) is 5.15. The summed E-state index contributed by atoms with van der Waals surface area (Å²) in [5.74, 6) is -0.398. The van der Waals surface area contributed by atoms with Crippen molar-refractivity contribution in [2.45, 2.75) is 45.2 Å². The van der Waals surface area contributed by atoms with Crippen molar-refractivity contribution in [2.24, 2.45) is 0 Å². The predicted octanol–water partition coefficient (Wildman–Crippen LogP) is 1.85. The van der Waals surface area contributed by atoms with Gasteiger partial charge in [0, 0.05) is 20.1 Å². The van der Waals surface area contributed by atoms with E-state index in [0.717, 1.165) is 6.42 Å². The van der Waals surface area contributed by atoms with Crippen LogP contribution >= 0.6 is 0 Å². The minimum atomic E-state index is -0.287. The monoisotopic (exact) mass is 357 g/mol. The van der Waals surface area contributed by atoms with Crippen LogP contribution in [0.15, 0.2) is 36.5 Å². The minimum absolute atomic E-state index is 0.0359. The molecule has 0 aliphatic carbocycles. The van der Waals surface area contributed by atoms with E-state index in [-0.39, 0.29) is 35.5 Å². The van der Waals surface area contributed by atoms with Crippen LogP contribution in [-0.2, 0) is 16.8 Å². The molecule has 0 saturated carbocycles. The molecule has 1 aromatic carbocycles. The fraction of sp³-hybridized carbons (Fsp3) is 0.474. The normalized spacial score (nSPS) is 12.5. The quantitative estimate of drug-likeness (QED) is 0.820. The van der Waals surface area contributed by atoms with Crippen molar-refractivity contribution in [3.05, 3.63) is 47.8 Å². The van der Waals surface area contributed by atoms with Crippen LogP contribution in [0.4, 0.5) is 0 Å². The lowest BCUT2D eigenvalue weighted by molar-refractivity contribution is -0.129. The maximum atomic E-state index is 12.4. The van der Waals surface area contributed by atoms with E-state index in [1.165, 1.54) is 21.3 Å². The first-order valence-electron chi connectivity index (χ1n) is 8.66. The van der Waals surface area contributed by atoms with Gasteiger partial charge >= 0.3 is 0 Å². The number of nitrogens with zero attached hydrogens (tertiary/aromatic N) is 4. The molecule has 140 valence electrons. The van der Waals surface area contributed by atoms with Crippen LogP contribution in [0.25, 0.3) is 0 Å². The number of hydrogen-bond donors (Lipinski definition) is 1. The molecule has 0 fully saturated rings. The number of carbonyl (C=O) groups is 2. The molecule has 0 aliphatic heterocycles. The molecule has 7 heteroatoms. The molecule has 0 saturated heterocycles. The van der Waals surface area contributed by atoms with Crippen molar-refractivity contribution in [1.29, 1.82) is 0 Å². The topological polar surface area (TPSA) is 80.1 Å². The lowest BCUT2D eigenvalue weighted by atomic mass is 9.79. The van der Waals surface area contributed by atoms with Crippen molar-refractivity contribution >= 4 is 11.8 Å². The molecule has 7 nitrogen and oxygen atoms in total. The Morgan fingerprint density at radius 1 is 1.23 bits per heavy atom. The second kappa shape index (κ2) is 8.12. The van der Waals surface area contributed by atoms with Crippen molar-refractivity contribution in [3.63, 3.8) is 0 Å². The summed E-state index contributed by atoms with van der Waals surface area (Å²) in [5.41, 5.74) is 1.37. The summed E-state index contributed by atoms with van der Waals surface area (Å²) in [6.45, 7) is 6.36. The molecule has 0 spiro atoms. The van der Waals surface area contributed by atoms with E-state index in [1.807, 2.05) is 25.1 Å². The van der Waals surface area contributed by atoms with Crippen molar-refractivity contribution in [1.82, 2.24) is 25.2 Å². The second-order valence-electron chi connectivity index (χ2n) is 7.42. The number of hydrogen-bond acceptors (Lipinski definition) is 4. The zero-order valence-electron chi connectivity index (χ0n) is 16.1. The highest BCUT2D eigenvalue weighted by Crippen LogP contribution is 2.28. The Morgan fingerprint density at radius 2 is 1.88 bits per heavy atom. The van der Waals surface area contributed by atoms with E-state index in [2.05, 4.69) is 41.6 Å². The summed E-state index contributed by atoms with van der Waals surface area (Å²) in [6.07, 6.45) is 2.28. The predicted molar refractivity (Wildman–Crippen MR) is 99.7 cm³/mol. The Morgan fingerprint density at radius 3 is 2.50 bits per heavy atom. The Kier molecular flexibility index (Phi) is 6.13. The molecule has 0 aliphatic rings. The van der Waals surface area contributed by atoms with Gasteiger partial charge in [0.05, 0.1) is 6.20 Å². The second-order valence-corrected chi connectivity index (χ2v) is 7.42. The van der Waals surface area contributed by atoms with Gasteiger partial charge in [-0.2, -0.15) is 0 Å². The molecule has 2 rings (SSSR count). The number of benzene rings is 1. The van der Waals surface area contributed by atoms with E-state index in [4.69, 9.17) is 0 Å². The highest BCUT2D eigenvalue weighted by molar-refractivity contribution is 5.92. The largest absolute Gasteiger partial charge is 0.348 e. The third-order valence-corrected chi connectivity index (χ3v) is 4.32. The van der Waals surface area contributed by atoms with Gasteiger partial charge in [-0.25, -0.2) is 4.68 Å². The van der Waals surface area contributed by atoms with Gasteiger partial charge in [-0.15, -0.1) is 5.10 Å². The van der Waals surface area contributed by atoms with Gasteiger partial charge in [0.25, 0.3) is 5.91 Å². The van der Waals surface area contributed by atoms with Crippen LogP contribution in [0.3, 0.4) is 0 Å². The Balaban J connectivity index is 1.95. The summed E-state index contributed by atoms with van der Waals surface area (Å²) in [4.78, 5) is 25.6. The molecule has 2 aromatic rings. The molecule has 0 radical (unpaired) electrons. The van der Waals surface area contributed by atoms with Gasteiger partial charge in [-0.1, -0.05) is 49.4 Å². The van der Waals surface area contributed by atoms with Crippen LogP contribution in [0.1, 0.15) is 43.2 Å².